The van der Waals surface area contributed by atoms with Gasteiger partial charge in [-0.1, -0.05) is 0 Å². The number of benzene rings is 1. The summed E-state index contributed by atoms with van der Waals surface area (Å²) in [5.41, 5.74) is -0.0658. The summed E-state index contributed by atoms with van der Waals surface area (Å²) in [6, 6.07) is 3.65. The van der Waals surface area contributed by atoms with E-state index in [2.05, 4.69) is 4.74 Å². The molecule has 0 heterocycles. The van der Waals surface area contributed by atoms with Crippen LogP contribution < -0.4 is 4.74 Å². The molecule has 0 aliphatic rings. The van der Waals surface area contributed by atoms with Gasteiger partial charge in [-0.05, 0) is 18.2 Å². The van der Waals surface area contributed by atoms with Crippen LogP contribution in [-0.2, 0) is 4.74 Å². The molecule has 5 heteroatoms. The second-order valence-corrected chi connectivity index (χ2v) is 2.75. The van der Waals surface area contributed by atoms with Gasteiger partial charge in [0.25, 0.3) is 6.43 Å². The third-order valence-corrected chi connectivity index (χ3v) is 1.89. The Labute approximate surface area is 85.6 Å². The number of halogens is 2. The molecule has 3 nitrogen and oxygen atoms in total. The van der Waals surface area contributed by atoms with Crippen molar-refractivity contribution in [2.75, 3.05) is 14.2 Å². The number of carbonyl (C=O) groups excluding carboxylic acids is 1. The molecule has 0 radical (unpaired) electrons. The highest BCUT2D eigenvalue weighted by Gasteiger charge is 2.16. The number of alkyl halides is 2. The second-order valence-electron chi connectivity index (χ2n) is 2.75. The molecule has 0 spiro atoms. The highest BCUT2D eigenvalue weighted by molar-refractivity contribution is 5.89. The number of rotatable bonds is 3. The third kappa shape index (κ3) is 2.43. The van der Waals surface area contributed by atoms with E-state index in [1.807, 2.05) is 0 Å². The van der Waals surface area contributed by atoms with E-state index in [4.69, 9.17) is 4.74 Å². The molecule has 0 aliphatic carbocycles. The van der Waals surface area contributed by atoms with Crippen molar-refractivity contribution in [3.05, 3.63) is 29.3 Å². The lowest BCUT2D eigenvalue weighted by Crippen LogP contribution is -2.02. The monoisotopic (exact) mass is 216 g/mol. The number of hydrogen-bond acceptors (Lipinski definition) is 3. The predicted molar refractivity (Wildman–Crippen MR) is 49.3 cm³/mol. The first kappa shape index (κ1) is 11.4. The first-order valence-electron chi connectivity index (χ1n) is 4.14. The van der Waals surface area contributed by atoms with Gasteiger partial charge in [-0.25, -0.2) is 13.6 Å². The Hall–Kier alpha value is -1.65. The molecule has 15 heavy (non-hydrogen) atoms. The summed E-state index contributed by atoms with van der Waals surface area (Å²) in [7, 11) is 2.48. The number of ether oxygens (including phenoxy) is 2. The van der Waals surface area contributed by atoms with E-state index in [0.29, 0.717) is 0 Å². The van der Waals surface area contributed by atoms with E-state index in [-0.39, 0.29) is 16.9 Å². The van der Waals surface area contributed by atoms with Crippen LogP contribution in [0.15, 0.2) is 18.2 Å². The van der Waals surface area contributed by atoms with Crippen LogP contribution in [0.25, 0.3) is 0 Å². The van der Waals surface area contributed by atoms with Crippen LogP contribution in [0.2, 0.25) is 0 Å². The van der Waals surface area contributed by atoms with Crippen molar-refractivity contribution in [3.8, 4) is 5.75 Å². The van der Waals surface area contributed by atoms with Crippen LogP contribution >= 0.6 is 0 Å². The average molecular weight is 216 g/mol. The lowest BCUT2D eigenvalue weighted by Gasteiger charge is -2.08. The molecule has 0 bridgehead atoms. The summed E-state index contributed by atoms with van der Waals surface area (Å²) in [5, 5.41) is 0. The molecule has 1 aromatic rings. The van der Waals surface area contributed by atoms with Crippen LogP contribution in [0.1, 0.15) is 22.3 Å². The number of esters is 1. The molecule has 0 N–H and O–H groups in total. The molecular formula is C10H10F2O3. The molecule has 0 fully saturated rings. The van der Waals surface area contributed by atoms with E-state index in [1.54, 1.807) is 0 Å². The predicted octanol–water partition coefficient (Wildman–Crippen LogP) is 2.42. The molecule has 0 unspecified atom stereocenters. The summed E-state index contributed by atoms with van der Waals surface area (Å²) in [6.45, 7) is 0. The fourth-order valence-corrected chi connectivity index (χ4v) is 1.14. The van der Waals surface area contributed by atoms with Gasteiger partial charge in [0, 0.05) is 0 Å². The number of carbonyl (C=O) groups is 1. The molecule has 0 atom stereocenters. The summed E-state index contributed by atoms with van der Waals surface area (Å²) in [6.07, 6.45) is -2.63. The van der Waals surface area contributed by atoms with Crippen molar-refractivity contribution in [1.82, 2.24) is 0 Å². The molecule has 82 valence electrons. The minimum absolute atomic E-state index is 0.0205. The zero-order chi connectivity index (χ0) is 11.4. The lowest BCUT2D eigenvalue weighted by molar-refractivity contribution is 0.0599. The van der Waals surface area contributed by atoms with Gasteiger partial charge in [-0.2, -0.15) is 0 Å². The Kier molecular flexibility index (Phi) is 3.60. The topological polar surface area (TPSA) is 35.5 Å². The smallest absolute Gasteiger partial charge is 0.337 e. The Balaban J connectivity index is 3.13. The largest absolute Gasteiger partial charge is 0.496 e. The van der Waals surface area contributed by atoms with Gasteiger partial charge in [-0.15, -0.1) is 0 Å². The first-order chi connectivity index (χ1) is 7.10. The Bertz CT molecular complexity index is 364. The van der Waals surface area contributed by atoms with Gasteiger partial charge in [0.05, 0.1) is 25.3 Å². The molecule has 0 saturated heterocycles. The maximum absolute atomic E-state index is 12.4. The SMILES string of the molecule is COC(=O)c1ccc(C(F)F)c(OC)c1. The van der Waals surface area contributed by atoms with Crippen molar-refractivity contribution >= 4 is 5.97 Å². The highest BCUT2D eigenvalue weighted by atomic mass is 19.3. The van der Waals surface area contributed by atoms with E-state index in [1.165, 1.54) is 26.4 Å². The van der Waals surface area contributed by atoms with Gasteiger partial charge in [0.15, 0.2) is 0 Å². The Morgan fingerprint density at radius 1 is 1.33 bits per heavy atom. The fraction of sp³-hybridized carbons (Fsp3) is 0.300. The van der Waals surface area contributed by atoms with Crippen LogP contribution in [0.4, 0.5) is 8.78 Å². The van der Waals surface area contributed by atoms with Crippen LogP contribution in [0.3, 0.4) is 0 Å². The van der Waals surface area contributed by atoms with Crippen molar-refractivity contribution in [3.63, 3.8) is 0 Å². The van der Waals surface area contributed by atoms with Gasteiger partial charge >= 0.3 is 5.97 Å². The maximum Gasteiger partial charge on any atom is 0.337 e. The molecule has 1 rings (SSSR count). The zero-order valence-corrected chi connectivity index (χ0v) is 8.29. The van der Waals surface area contributed by atoms with E-state index >= 15 is 0 Å². The normalized spacial score (nSPS) is 10.2. The van der Waals surface area contributed by atoms with Gasteiger partial charge < -0.3 is 9.47 Å². The Morgan fingerprint density at radius 2 is 2.00 bits per heavy atom. The lowest BCUT2D eigenvalue weighted by atomic mass is 10.1. The minimum Gasteiger partial charge on any atom is -0.496 e. The quantitative estimate of drug-likeness (QED) is 0.728. The molecule has 0 amide bonds. The molecule has 0 saturated carbocycles. The Morgan fingerprint density at radius 3 is 2.47 bits per heavy atom. The van der Waals surface area contributed by atoms with Crippen molar-refractivity contribution in [2.24, 2.45) is 0 Å². The first-order valence-corrected chi connectivity index (χ1v) is 4.14. The summed E-state index contributed by atoms with van der Waals surface area (Å²) in [4.78, 5) is 11.1. The van der Waals surface area contributed by atoms with Crippen molar-refractivity contribution < 1.29 is 23.0 Å². The molecular weight excluding hydrogens is 206 g/mol. The highest BCUT2D eigenvalue weighted by Crippen LogP contribution is 2.29. The van der Waals surface area contributed by atoms with Crippen LogP contribution in [0.5, 0.6) is 5.75 Å². The van der Waals surface area contributed by atoms with Gasteiger partial charge in [0.2, 0.25) is 0 Å². The van der Waals surface area contributed by atoms with Gasteiger partial charge in [-0.3, -0.25) is 0 Å². The minimum atomic E-state index is -2.63. The van der Waals surface area contributed by atoms with Gasteiger partial charge in [0.1, 0.15) is 5.75 Å². The van der Waals surface area contributed by atoms with Crippen molar-refractivity contribution in [2.45, 2.75) is 6.43 Å². The second kappa shape index (κ2) is 4.72. The number of hydrogen-bond donors (Lipinski definition) is 0. The van der Waals surface area contributed by atoms with E-state index in [0.717, 1.165) is 6.07 Å². The van der Waals surface area contributed by atoms with E-state index < -0.39 is 12.4 Å². The number of methoxy groups -OCH3 is 2. The maximum atomic E-state index is 12.4. The van der Waals surface area contributed by atoms with Crippen LogP contribution in [-0.4, -0.2) is 20.2 Å². The molecule has 1 aromatic carbocycles. The molecule has 0 aliphatic heterocycles. The zero-order valence-electron chi connectivity index (χ0n) is 8.29. The third-order valence-electron chi connectivity index (χ3n) is 1.89. The van der Waals surface area contributed by atoms with E-state index in [9.17, 15) is 13.6 Å². The van der Waals surface area contributed by atoms with Crippen LogP contribution in [0, 0.1) is 0 Å². The summed E-state index contributed by atoms with van der Waals surface area (Å²) in [5.74, 6) is -0.609. The summed E-state index contributed by atoms with van der Waals surface area (Å²) < 4.78 is 34.1. The average Bonchev–Trinajstić information content (AvgIpc) is 2.26. The fourth-order valence-electron chi connectivity index (χ4n) is 1.14. The standard InChI is InChI=1S/C10H10F2O3/c1-14-8-5-6(10(13)15-2)3-4-7(8)9(11)12/h3-5,9H,1-2H3. The molecule has 0 aromatic heterocycles. The van der Waals surface area contributed by atoms with Crippen molar-refractivity contribution in [1.29, 1.82) is 0 Å². The summed E-state index contributed by atoms with van der Waals surface area (Å²) >= 11 is 0.